The number of carbonyl (C=O) groups excluding carboxylic acids is 1. The van der Waals surface area contributed by atoms with Gasteiger partial charge in [0.05, 0.1) is 23.9 Å². The number of aromatic nitrogens is 2. The first-order valence-electron chi connectivity index (χ1n) is 7.85. The Bertz CT molecular complexity index is 1020. The summed E-state index contributed by atoms with van der Waals surface area (Å²) in [5.41, 5.74) is -2.03. The smallest absolute Gasteiger partial charge is 0.326 e. The van der Waals surface area contributed by atoms with Crippen LogP contribution in [-0.4, -0.2) is 53.3 Å². The largest absolute Gasteiger partial charge is 0.506 e. The second kappa shape index (κ2) is 6.46. The first kappa shape index (κ1) is 19.0. The summed E-state index contributed by atoms with van der Waals surface area (Å²) in [7, 11) is -4.32. The van der Waals surface area contributed by atoms with Gasteiger partial charge >= 0.3 is 10.2 Å². The molecule has 0 spiro atoms. The molecule has 1 aromatic carbocycles. The number of aliphatic hydroxyl groups is 1. The summed E-state index contributed by atoms with van der Waals surface area (Å²) in [6, 6.07) is 1.04. The second-order valence-electron chi connectivity index (χ2n) is 6.58. The molecule has 12 heteroatoms. The summed E-state index contributed by atoms with van der Waals surface area (Å²) in [5, 5.41) is 19.7. The lowest BCUT2D eigenvalue weighted by atomic mass is 10.1. The SMILES string of the molecule is CC(C)(O)CCOc1cnc2cc(O)c(N3CC(=O)NS3(=O)=O)c(F)c2n1. The minimum Gasteiger partial charge on any atom is -0.506 e. The molecule has 0 atom stereocenters. The molecule has 0 saturated carbocycles. The van der Waals surface area contributed by atoms with Crippen LogP contribution in [0.4, 0.5) is 10.1 Å². The van der Waals surface area contributed by atoms with Gasteiger partial charge in [0.15, 0.2) is 5.82 Å². The number of phenols is 1. The summed E-state index contributed by atoms with van der Waals surface area (Å²) in [5.74, 6) is -2.76. The Morgan fingerprint density at radius 3 is 2.74 bits per heavy atom. The molecule has 3 rings (SSSR count). The summed E-state index contributed by atoms with van der Waals surface area (Å²) in [6.07, 6.45) is 1.50. The fourth-order valence-electron chi connectivity index (χ4n) is 2.43. The normalized spacial score (nSPS) is 16.6. The molecule has 2 aromatic rings. The van der Waals surface area contributed by atoms with Crippen molar-refractivity contribution in [3.05, 3.63) is 18.1 Å². The molecule has 0 unspecified atom stereocenters. The third-order valence-electron chi connectivity index (χ3n) is 3.74. The number of phenolic OH excluding ortho intramolecular Hbond substituents is 1. The van der Waals surface area contributed by atoms with Gasteiger partial charge in [-0.15, -0.1) is 0 Å². The van der Waals surface area contributed by atoms with Crippen LogP contribution < -0.4 is 13.8 Å². The van der Waals surface area contributed by atoms with E-state index in [1.54, 1.807) is 18.6 Å². The van der Waals surface area contributed by atoms with Crippen LogP contribution in [-0.2, 0) is 15.0 Å². The number of amides is 1. The third-order valence-corrected chi connectivity index (χ3v) is 5.12. The van der Waals surface area contributed by atoms with E-state index < -0.39 is 45.5 Å². The summed E-state index contributed by atoms with van der Waals surface area (Å²) in [6.45, 7) is 2.62. The number of hydrogen-bond donors (Lipinski definition) is 3. The first-order chi connectivity index (χ1) is 12.5. The molecule has 1 amide bonds. The molecule has 1 saturated heterocycles. The van der Waals surface area contributed by atoms with Gasteiger partial charge < -0.3 is 14.9 Å². The molecule has 10 nitrogen and oxygen atoms in total. The zero-order valence-electron chi connectivity index (χ0n) is 14.4. The molecular formula is C15H17FN4O6S. The van der Waals surface area contributed by atoms with E-state index in [4.69, 9.17) is 4.74 Å². The maximum absolute atomic E-state index is 14.9. The van der Waals surface area contributed by atoms with Gasteiger partial charge in [-0.3, -0.25) is 4.79 Å². The Morgan fingerprint density at radius 2 is 2.15 bits per heavy atom. The quantitative estimate of drug-likeness (QED) is 0.646. The minimum atomic E-state index is -4.32. The highest BCUT2D eigenvalue weighted by atomic mass is 32.2. The Labute approximate surface area is 153 Å². The fourth-order valence-corrected chi connectivity index (χ4v) is 3.59. The lowest BCUT2D eigenvalue weighted by molar-refractivity contribution is -0.117. The molecular weight excluding hydrogens is 383 g/mol. The molecule has 1 fully saturated rings. The highest BCUT2D eigenvalue weighted by molar-refractivity contribution is 7.92. The van der Waals surface area contributed by atoms with Crippen LogP contribution in [0.15, 0.2) is 12.3 Å². The van der Waals surface area contributed by atoms with E-state index >= 15 is 0 Å². The number of aromatic hydroxyl groups is 1. The molecule has 27 heavy (non-hydrogen) atoms. The number of halogens is 1. The van der Waals surface area contributed by atoms with E-state index in [-0.39, 0.29) is 29.9 Å². The predicted molar refractivity (Wildman–Crippen MR) is 92.0 cm³/mol. The van der Waals surface area contributed by atoms with Crippen LogP contribution in [0.25, 0.3) is 11.0 Å². The first-order valence-corrected chi connectivity index (χ1v) is 9.29. The number of rotatable bonds is 5. The Kier molecular flexibility index (Phi) is 4.56. The van der Waals surface area contributed by atoms with E-state index in [9.17, 15) is 27.8 Å². The highest BCUT2D eigenvalue weighted by Crippen LogP contribution is 2.37. The summed E-state index contributed by atoms with van der Waals surface area (Å²) in [4.78, 5) is 19.3. The number of benzene rings is 1. The standard InChI is InChI=1S/C15H17FN4O6S/c1-15(2,23)3-4-26-11-6-17-8-5-9(21)14(12(16)13(8)18-11)20-7-10(22)19-27(20,24)25/h5-6,21,23H,3-4,7H2,1-2H3,(H,19,22). The number of ether oxygens (including phenoxy) is 1. The zero-order valence-corrected chi connectivity index (χ0v) is 15.2. The van der Waals surface area contributed by atoms with Crippen molar-refractivity contribution in [1.82, 2.24) is 14.7 Å². The van der Waals surface area contributed by atoms with Crippen molar-refractivity contribution in [2.45, 2.75) is 25.9 Å². The Morgan fingerprint density at radius 1 is 1.44 bits per heavy atom. The van der Waals surface area contributed by atoms with Gasteiger partial charge in [-0.05, 0) is 13.8 Å². The van der Waals surface area contributed by atoms with Crippen LogP contribution in [0, 0.1) is 5.82 Å². The van der Waals surface area contributed by atoms with Gasteiger partial charge in [-0.2, -0.15) is 8.42 Å². The molecule has 1 aromatic heterocycles. The van der Waals surface area contributed by atoms with Crippen LogP contribution in [0.1, 0.15) is 20.3 Å². The maximum atomic E-state index is 14.9. The van der Waals surface area contributed by atoms with E-state index in [1.165, 1.54) is 6.20 Å². The van der Waals surface area contributed by atoms with Crippen molar-refractivity contribution in [2.24, 2.45) is 0 Å². The Hall–Kier alpha value is -2.73. The second-order valence-corrected chi connectivity index (χ2v) is 8.18. The van der Waals surface area contributed by atoms with Crippen LogP contribution in [0.2, 0.25) is 0 Å². The van der Waals surface area contributed by atoms with E-state index in [1.807, 2.05) is 0 Å². The molecule has 0 aliphatic carbocycles. The fraction of sp³-hybridized carbons (Fsp3) is 0.400. The predicted octanol–water partition coefficient (Wildman–Crippen LogP) is 0.195. The van der Waals surface area contributed by atoms with Gasteiger partial charge in [0.2, 0.25) is 5.88 Å². The number of nitrogens with one attached hydrogen (secondary N) is 1. The lowest BCUT2D eigenvalue weighted by Gasteiger charge is -2.18. The van der Waals surface area contributed by atoms with Gasteiger partial charge in [0.1, 0.15) is 23.5 Å². The van der Waals surface area contributed by atoms with Crippen LogP contribution in [0.3, 0.4) is 0 Å². The molecule has 3 N–H and O–H groups in total. The molecule has 0 radical (unpaired) electrons. The van der Waals surface area contributed by atoms with Crippen molar-refractivity contribution < 1.29 is 32.6 Å². The summed E-state index contributed by atoms with van der Waals surface area (Å²) >= 11 is 0. The molecule has 1 aliphatic heterocycles. The lowest BCUT2D eigenvalue weighted by Crippen LogP contribution is -2.30. The van der Waals surface area contributed by atoms with Crippen molar-refractivity contribution in [1.29, 1.82) is 0 Å². The molecule has 2 heterocycles. The van der Waals surface area contributed by atoms with Gasteiger partial charge in [0.25, 0.3) is 5.91 Å². The zero-order chi connectivity index (χ0) is 20.0. The average Bonchev–Trinajstić information content (AvgIpc) is 2.79. The van der Waals surface area contributed by atoms with Crippen LogP contribution in [0.5, 0.6) is 11.6 Å². The average molecular weight is 400 g/mol. The van der Waals surface area contributed by atoms with Gasteiger partial charge in [0, 0.05) is 12.5 Å². The van der Waals surface area contributed by atoms with Crippen molar-refractivity contribution in [3.63, 3.8) is 0 Å². The third kappa shape index (κ3) is 3.85. The molecule has 0 bridgehead atoms. The topological polar surface area (TPSA) is 142 Å². The molecule has 1 aliphatic rings. The monoisotopic (exact) mass is 400 g/mol. The number of carbonyl (C=O) groups is 1. The van der Waals surface area contributed by atoms with Gasteiger partial charge in [-0.25, -0.2) is 23.4 Å². The highest BCUT2D eigenvalue weighted by Gasteiger charge is 2.38. The van der Waals surface area contributed by atoms with E-state index in [0.717, 1.165) is 6.07 Å². The van der Waals surface area contributed by atoms with Crippen molar-refractivity contribution in [3.8, 4) is 11.6 Å². The summed E-state index contributed by atoms with van der Waals surface area (Å²) < 4.78 is 46.3. The van der Waals surface area contributed by atoms with Gasteiger partial charge in [-0.1, -0.05) is 0 Å². The van der Waals surface area contributed by atoms with Crippen molar-refractivity contribution in [2.75, 3.05) is 17.5 Å². The van der Waals surface area contributed by atoms with E-state index in [0.29, 0.717) is 4.31 Å². The number of fused-ring (bicyclic) bond motifs is 1. The maximum Gasteiger partial charge on any atom is 0.326 e. The number of nitrogens with zero attached hydrogens (tertiary/aromatic N) is 3. The van der Waals surface area contributed by atoms with Crippen LogP contribution >= 0.6 is 0 Å². The number of hydrogen-bond acceptors (Lipinski definition) is 8. The number of anilines is 1. The van der Waals surface area contributed by atoms with Crippen molar-refractivity contribution >= 4 is 32.8 Å². The molecule has 146 valence electrons. The van der Waals surface area contributed by atoms with E-state index in [2.05, 4.69) is 9.97 Å². The minimum absolute atomic E-state index is 0.0283. The Balaban J connectivity index is 2.00.